The molecule has 0 aliphatic heterocycles. The summed E-state index contributed by atoms with van der Waals surface area (Å²) >= 11 is 0. The van der Waals surface area contributed by atoms with Gasteiger partial charge in [-0.25, -0.2) is 0 Å². The Bertz CT molecular complexity index is 10700. The molecular formula is C142H91N5O. The summed E-state index contributed by atoms with van der Waals surface area (Å²) in [6, 6.07) is 199. The highest BCUT2D eigenvalue weighted by Gasteiger charge is 2.26. The van der Waals surface area contributed by atoms with Gasteiger partial charge in [0.2, 0.25) is 0 Å². The normalized spacial score (nSPS) is 11.8. The predicted molar refractivity (Wildman–Crippen MR) is 629 cm³/mol. The summed E-state index contributed by atoms with van der Waals surface area (Å²) in [5, 5.41) is 33.2. The molecule has 690 valence electrons. The maximum Gasteiger partial charge on any atom is 0.135 e. The van der Waals surface area contributed by atoms with Gasteiger partial charge in [-0.3, -0.25) is 0 Å². The van der Waals surface area contributed by atoms with Crippen molar-refractivity contribution in [1.82, 2.24) is 22.8 Å². The number of nitrogens with zero attached hydrogens (tertiary/aromatic N) is 5. The molecule has 0 saturated carbocycles. The number of rotatable bonds is 9. The molecule has 6 nitrogen and oxygen atoms in total. The van der Waals surface area contributed by atoms with Crippen molar-refractivity contribution in [2.24, 2.45) is 0 Å². The Labute approximate surface area is 852 Å². The highest BCUT2D eigenvalue weighted by molar-refractivity contribution is 6.32. The Kier molecular flexibility index (Phi) is 20.2. The molecule has 6 heteroatoms. The monoisotopic (exact) mass is 1880 g/mol. The second kappa shape index (κ2) is 35.2. The lowest BCUT2D eigenvalue weighted by Crippen LogP contribution is -1.95. The Hall–Kier alpha value is -19.7. The SMILES string of the molecule is c1ccc(-c2ccccc2-c2ccc(-n3c4ccc5ccccc5c4c4c5ccccc5ccc43)cc2)cc1.c1ccc(-c2ccccc2-c2cccc(-n3c4ccc5ccccc5c4c4c5ccccc5ccc43)c2)cc1.c1ccc(-n2c3cc4ccccc4cc3c3cc4c5ccccc5n(-c5ccc6oc7ccccc7c6c5)c4cc32)cc1.c1ccc(-n2c3ccc4ccccc4c3c3c4ccccc4ccc32)cc1. The van der Waals surface area contributed by atoms with Gasteiger partial charge in [0.1, 0.15) is 11.2 Å². The van der Waals surface area contributed by atoms with E-state index in [4.69, 9.17) is 4.42 Å². The number of hydrogen-bond acceptors (Lipinski definition) is 1. The van der Waals surface area contributed by atoms with Crippen molar-refractivity contribution in [1.29, 1.82) is 0 Å². The van der Waals surface area contributed by atoms with Gasteiger partial charge in [0, 0.05) is 93.1 Å². The lowest BCUT2D eigenvalue weighted by atomic mass is 9.94. The molecule has 26 aromatic carbocycles. The fraction of sp³-hybridized carbons (Fsp3) is 0. The van der Waals surface area contributed by atoms with Gasteiger partial charge in [-0.15, -0.1) is 0 Å². The third-order valence-electron chi connectivity index (χ3n) is 30.6. The van der Waals surface area contributed by atoms with E-state index in [-0.39, 0.29) is 0 Å². The van der Waals surface area contributed by atoms with E-state index in [0.717, 1.165) is 33.3 Å². The third kappa shape index (κ3) is 14.0. The summed E-state index contributed by atoms with van der Waals surface area (Å²) in [6.45, 7) is 0. The number of furan rings is 1. The molecule has 32 rings (SSSR count). The van der Waals surface area contributed by atoms with Crippen molar-refractivity contribution in [3.63, 3.8) is 0 Å². The molecule has 0 fully saturated rings. The van der Waals surface area contributed by atoms with Gasteiger partial charge in [-0.05, 0) is 259 Å². The summed E-state index contributed by atoms with van der Waals surface area (Å²) < 4.78 is 18.3. The second-order valence-electron chi connectivity index (χ2n) is 38.8. The van der Waals surface area contributed by atoms with Gasteiger partial charge < -0.3 is 27.3 Å². The van der Waals surface area contributed by atoms with Crippen LogP contribution in [-0.4, -0.2) is 22.8 Å². The highest BCUT2D eigenvalue weighted by Crippen LogP contribution is 2.49. The average Bonchev–Trinajstić information content (AvgIpc) is 1.57. The van der Waals surface area contributed by atoms with E-state index in [2.05, 4.69) is 563 Å². The van der Waals surface area contributed by atoms with Gasteiger partial charge in [0.15, 0.2) is 0 Å². The highest BCUT2D eigenvalue weighted by atomic mass is 16.3. The smallest absolute Gasteiger partial charge is 0.135 e. The minimum atomic E-state index is 0.907. The van der Waals surface area contributed by atoms with Crippen molar-refractivity contribution in [3.8, 4) is 72.9 Å². The number of fused-ring (bicyclic) bond motifs is 31. The molecule has 0 radical (unpaired) electrons. The molecule has 0 N–H and O–H groups in total. The lowest BCUT2D eigenvalue weighted by molar-refractivity contribution is 0.669. The fourth-order valence-electron chi connectivity index (χ4n) is 24.0. The van der Waals surface area contributed by atoms with Crippen molar-refractivity contribution < 1.29 is 4.42 Å². The van der Waals surface area contributed by atoms with E-state index in [1.54, 1.807) is 0 Å². The quantitative estimate of drug-likeness (QED) is 0.142. The topological polar surface area (TPSA) is 37.8 Å². The first kappa shape index (κ1) is 85.1. The van der Waals surface area contributed by atoms with Crippen LogP contribution in [0.2, 0.25) is 0 Å². The van der Waals surface area contributed by atoms with Crippen molar-refractivity contribution in [3.05, 3.63) is 552 Å². The van der Waals surface area contributed by atoms with Gasteiger partial charge in [-0.2, -0.15) is 0 Å². The molecule has 0 saturated heterocycles. The van der Waals surface area contributed by atoms with Crippen LogP contribution in [0.1, 0.15) is 0 Å². The summed E-state index contributed by atoms with van der Waals surface area (Å²) in [7, 11) is 0. The molecule has 0 spiro atoms. The van der Waals surface area contributed by atoms with Crippen LogP contribution in [-0.2, 0) is 0 Å². The lowest BCUT2D eigenvalue weighted by Gasteiger charge is -2.13. The first-order valence-electron chi connectivity index (χ1n) is 50.9. The fourth-order valence-corrected chi connectivity index (χ4v) is 24.0. The van der Waals surface area contributed by atoms with Crippen molar-refractivity contribution in [2.45, 2.75) is 0 Å². The van der Waals surface area contributed by atoms with Crippen LogP contribution >= 0.6 is 0 Å². The molecule has 6 aromatic heterocycles. The Morgan fingerprint density at radius 3 is 0.818 bits per heavy atom. The minimum absolute atomic E-state index is 0.907. The molecular weight excluding hydrogens is 1790 g/mol. The zero-order valence-corrected chi connectivity index (χ0v) is 80.7. The van der Waals surface area contributed by atoms with E-state index >= 15 is 0 Å². The molecule has 0 unspecified atom stereocenters. The number of benzene rings is 26. The van der Waals surface area contributed by atoms with E-state index in [1.165, 1.54) is 246 Å². The Morgan fingerprint density at radius 2 is 0.385 bits per heavy atom. The summed E-state index contributed by atoms with van der Waals surface area (Å²) in [4.78, 5) is 0. The van der Waals surface area contributed by atoms with E-state index < -0.39 is 0 Å². The number of aromatic nitrogens is 5. The summed E-state index contributed by atoms with van der Waals surface area (Å²) in [6.07, 6.45) is 0. The zero-order chi connectivity index (χ0) is 97.4. The molecule has 0 aliphatic rings. The first-order valence-corrected chi connectivity index (χ1v) is 50.9. The third-order valence-corrected chi connectivity index (χ3v) is 30.6. The van der Waals surface area contributed by atoms with Crippen LogP contribution in [0.5, 0.6) is 0 Å². The molecule has 0 atom stereocenters. The Balaban J connectivity index is 0.0000000941. The van der Waals surface area contributed by atoms with Crippen molar-refractivity contribution >= 4 is 206 Å². The average molecular weight is 1880 g/mol. The molecule has 32 aromatic rings. The first-order chi connectivity index (χ1) is 73.5. The van der Waals surface area contributed by atoms with E-state index in [1.807, 2.05) is 12.1 Å². The molecule has 0 bridgehead atoms. The van der Waals surface area contributed by atoms with Crippen LogP contribution < -0.4 is 0 Å². The van der Waals surface area contributed by atoms with Crippen LogP contribution in [0.15, 0.2) is 556 Å². The van der Waals surface area contributed by atoms with Crippen molar-refractivity contribution in [2.75, 3.05) is 0 Å². The van der Waals surface area contributed by atoms with Gasteiger partial charge in [-0.1, -0.05) is 413 Å². The largest absolute Gasteiger partial charge is 0.456 e. The summed E-state index contributed by atoms with van der Waals surface area (Å²) in [5.41, 5.74) is 29.7. The molecule has 0 aliphatic carbocycles. The van der Waals surface area contributed by atoms with E-state index in [0.29, 0.717) is 0 Å². The van der Waals surface area contributed by atoms with Crippen LogP contribution in [0, 0.1) is 0 Å². The minimum Gasteiger partial charge on any atom is -0.456 e. The summed E-state index contributed by atoms with van der Waals surface area (Å²) in [5.74, 6) is 0. The van der Waals surface area contributed by atoms with Crippen LogP contribution in [0.4, 0.5) is 0 Å². The number of para-hydroxylation sites is 4. The predicted octanol–water partition coefficient (Wildman–Crippen LogP) is 38.9. The zero-order valence-electron chi connectivity index (χ0n) is 80.7. The standard InChI is InChI=1S/C40H24N2O.2C38H25N.C26H17N/c1-2-12-27(13-3-1)41-36-21-26-11-5-4-10-25(26)20-31(36)33-23-32-29-14-6-8-16-35(29)42(37(32)24-38(33)41)28-18-19-40-34(22-28)30-15-7-9-17-39(30)43-40;1-2-11-26(12-3-1)31-17-8-9-18-32(31)29-15-10-16-30(25-29)39-35-23-21-27-13-4-6-19-33(27)37(35)38-34-20-7-5-14-28(34)22-24-36(38)39;1-2-10-26(11-3-1)31-14-8-9-15-32(31)29-18-22-30(23-19-29)39-35-24-20-27-12-4-6-16-33(27)37(35)38-34-17-7-5-13-28(34)21-25-36(38)39;1-2-10-20(11-3-1)27-23-16-14-18-8-4-6-12-21(18)25(23)26-22-13-7-5-9-19(22)15-17-24(26)27/h1-24H;2*1-25H;1-17H. The van der Waals surface area contributed by atoms with Crippen LogP contribution in [0.25, 0.3) is 279 Å². The van der Waals surface area contributed by atoms with Gasteiger partial charge in [0.25, 0.3) is 0 Å². The Morgan fingerprint density at radius 1 is 0.115 bits per heavy atom. The number of hydrogen-bond donors (Lipinski definition) is 0. The van der Waals surface area contributed by atoms with E-state index in [9.17, 15) is 0 Å². The molecule has 6 heterocycles. The second-order valence-corrected chi connectivity index (χ2v) is 38.8. The van der Waals surface area contributed by atoms with Gasteiger partial charge in [0.05, 0.1) is 55.2 Å². The maximum absolute atomic E-state index is 6.18. The van der Waals surface area contributed by atoms with Crippen LogP contribution in [0.3, 0.4) is 0 Å². The molecule has 0 amide bonds. The molecule has 148 heavy (non-hydrogen) atoms. The van der Waals surface area contributed by atoms with Gasteiger partial charge >= 0.3 is 0 Å². The maximum atomic E-state index is 6.18.